The monoisotopic (exact) mass is 460 g/mol. The Morgan fingerprint density at radius 2 is 1.00 bits per heavy atom. The number of hydrogen-bond donors (Lipinski definition) is 0. The lowest BCUT2D eigenvalue weighted by Crippen LogP contribution is -2.05. The Bertz CT molecular complexity index is 1170. The molecule has 4 nitrogen and oxygen atoms in total. The molecule has 2 heterocycles. The van der Waals surface area contributed by atoms with Crippen LogP contribution in [0.25, 0.3) is 11.1 Å². The molecule has 0 aromatic carbocycles. The van der Waals surface area contributed by atoms with Crippen LogP contribution < -0.4 is 9.06 Å². The number of nitrogens with zero attached hydrogens (tertiary/aromatic N) is 4. The second kappa shape index (κ2) is 13.5. The van der Waals surface area contributed by atoms with Gasteiger partial charge in [-0.1, -0.05) is 52.4 Å². The highest BCUT2D eigenvalue weighted by Gasteiger charge is 2.09. The van der Waals surface area contributed by atoms with Gasteiger partial charge in [0.25, 0.3) is 0 Å². The van der Waals surface area contributed by atoms with Crippen LogP contribution in [0.1, 0.15) is 76.3 Å². The van der Waals surface area contributed by atoms with Gasteiger partial charge in [0.1, 0.15) is 35.4 Å². The maximum absolute atomic E-state index is 9.44. The van der Waals surface area contributed by atoms with Crippen molar-refractivity contribution >= 4 is 33.8 Å². The van der Waals surface area contributed by atoms with Crippen molar-refractivity contribution in [2.75, 3.05) is 0 Å². The van der Waals surface area contributed by atoms with Gasteiger partial charge in [-0.05, 0) is 48.9 Å². The SMILES string of the molecule is CCCCCCc1c/c(=c2/cc(CCCCCC)c(=C(C#N)C#N)s2)sc1=C(C#N)C#N. The van der Waals surface area contributed by atoms with Gasteiger partial charge in [-0.2, -0.15) is 21.0 Å². The first-order chi connectivity index (χ1) is 15.6. The zero-order valence-electron chi connectivity index (χ0n) is 18.8. The van der Waals surface area contributed by atoms with E-state index in [1.807, 2.05) is 24.3 Å². The molecule has 0 N–H and O–H groups in total. The van der Waals surface area contributed by atoms with E-state index < -0.39 is 0 Å². The summed E-state index contributed by atoms with van der Waals surface area (Å²) in [5, 5.41) is 37.8. The van der Waals surface area contributed by atoms with Crippen molar-refractivity contribution in [2.45, 2.75) is 78.1 Å². The minimum absolute atomic E-state index is 0.157. The number of rotatable bonds is 10. The van der Waals surface area contributed by atoms with Crippen molar-refractivity contribution in [3.8, 4) is 24.3 Å². The zero-order valence-corrected chi connectivity index (χ0v) is 20.5. The van der Waals surface area contributed by atoms with Gasteiger partial charge >= 0.3 is 0 Å². The molecule has 0 fully saturated rings. The van der Waals surface area contributed by atoms with Gasteiger partial charge in [0, 0.05) is 9.06 Å². The predicted molar refractivity (Wildman–Crippen MR) is 131 cm³/mol. The summed E-state index contributed by atoms with van der Waals surface area (Å²) >= 11 is 2.94. The average Bonchev–Trinajstić information content (AvgIpc) is 3.41. The Balaban J connectivity index is 2.69. The number of hydrogen-bond acceptors (Lipinski definition) is 6. The van der Waals surface area contributed by atoms with E-state index >= 15 is 0 Å². The topological polar surface area (TPSA) is 95.2 Å². The van der Waals surface area contributed by atoms with Crippen LogP contribution in [-0.2, 0) is 12.8 Å². The van der Waals surface area contributed by atoms with Crippen LogP contribution in [0, 0.1) is 54.4 Å². The summed E-state index contributed by atoms with van der Waals surface area (Å²) in [6, 6.07) is 12.4. The Morgan fingerprint density at radius 1 is 0.625 bits per heavy atom. The van der Waals surface area contributed by atoms with Crippen LogP contribution in [0.15, 0.2) is 12.1 Å². The standard InChI is InChI=1S/C26H28N4S2/c1-3-5-7-9-11-19-13-23(31-25(19)21(15-27)16-28)24-14-20(12-10-8-6-4-2)26(32-24)22(17-29)18-30/h13-14H,3-12H2,1-2H3/b24-23+. The summed E-state index contributed by atoms with van der Waals surface area (Å²) in [6.45, 7) is 4.35. The van der Waals surface area contributed by atoms with Crippen LogP contribution in [0.2, 0.25) is 0 Å². The summed E-state index contributed by atoms with van der Waals surface area (Å²) < 4.78 is 3.50. The molecule has 0 amide bonds. The first-order valence-electron chi connectivity index (χ1n) is 11.2. The van der Waals surface area contributed by atoms with Crippen molar-refractivity contribution in [1.29, 1.82) is 21.0 Å². The fourth-order valence-electron chi connectivity index (χ4n) is 3.63. The number of aryl methyl sites for hydroxylation is 2. The van der Waals surface area contributed by atoms with Gasteiger partial charge in [0.2, 0.25) is 0 Å². The summed E-state index contributed by atoms with van der Waals surface area (Å²) in [4.78, 5) is 0. The van der Waals surface area contributed by atoms with E-state index in [4.69, 9.17) is 0 Å². The van der Waals surface area contributed by atoms with Crippen LogP contribution in [0.4, 0.5) is 0 Å². The third-order valence-electron chi connectivity index (χ3n) is 5.36. The molecular weight excluding hydrogens is 432 g/mol. The van der Waals surface area contributed by atoms with E-state index in [1.165, 1.54) is 35.5 Å². The highest BCUT2D eigenvalue weighted by Crippen LogP contribution is 2.16. The van der Waals surface area contributed by atoms with Crippen molar-refractivity contribution < 1.29 is 0 Å². The minimum atomic E-state index is 0.157. The van der Waals surface area contributed by atoms with Gasteiger partial charge in [0.05, 0.1) is 9.06 Å². The summed E-state index contributed by atoms with van der Waals surface area (Å²) in [7, 11) is 0. The lowest BCUT2D eigenvalue weighted by atomic mass is 10.1. The fourth-order valence-corrected chi connectivity index (χ4v) is 6.01. The molecule has 0 aliphatic rings. The van der Waals surface area contributed by atoms with Crippen molar-refractivity contribution in [2.24, 2.45) is 0 Å². The van der Waals surface area contributed by atoms with Gasteiger partial charge in [0.15, 0.2) is 0 Å². The zero-order chi connectivity index (χ0) is 23.3. The Hall–Kier alpha value is -2.90. The maximum Gasteiger partial charge on any atom is 0.147 e. The predicted octanol–water partition coefficient (Wildman–Crippen LogP) is 5.74. The number of unbranched alkanes of at least 4 members (excludes halogenated alkanes) is 6. The molecule has 0 atom stereocenters. The molecule has 0 aliphatic heterocycles. The Kier molecular flexibility index (Phi) is 10.7. The van der Waals surface area contributed by atoms with Crippen molar-refractivity contribution in [1.82, 2.24) is 0 Å². The summed E-state index contributed by atoms with van der Waals surface area (Å²) in [5.74, 6) is 0. The highest BCUT2D eigenvalue weighted by molar-refractivity contribution is 7.11. The van der Waals surface area contributed by atoms with Gasteiger partial charge in [-0.25, -0.2) is 0 Å². The lowest BCUT2D eigenvalue weighted by molar-refractivity contribution is 0.666. The molecule has 2 aromatic heterocycles. The molecule has 0 unspecified atom stereocenters. The molecule has 2 aromatic rings. The lowest BCUT2D eigenvalue weighted by Gasteiger charge is -1.98. The van der Waals surface area contributed by atoms with E-state index in [0.717, 1.165) is 80.6 Å². The maximum atomic E-state index is 9.44. The third kappa shape index (κ3) is 6.55. The van der Waals surface area contributed by atoms with E-state index in [2.05, 4.69) is 26.0 Å². The van der Waals surface area contributed by atoms with Crippen molar-refractivity contribution in [3.63, 3.8) is 0 Å². The first-order valence-corrected chi connectivity index (χ1v) is 12.9. The molecule has 164 valence electrons. The summed E-state index contributed by atoms with van der Waals surface area (Å²) in [5.41, 5.74) is 2.40. The molecule has 0 spiro atoms. The third-order valence-corrected chi connectivity index (χ3v) is 7.95. The number of nitriles is 4. The summed E-state index contributed by atoms with van der Waals surface area (Å²) in [6.07, 6.45) is 10.7. The largest absolute Gasteiger partial charge is 0.192 e. The average molecular weight is 461 g/mol. The number of thiophene rings is 2. The van der Waals surface area contributed by atoms with Gasteiger partial charge in [-0.15, -0.1) is 22.7 Å². The second-order valence-electron chi connectivity index (χ2n) is 7.75. The molecule has 0 bridgehead atoms. The molecule has 0 radical (unpaired) electrons. The molecule has 2 rings (SSSR count). The van der Waals surface area contributed by atoms with Crippen LogP contribution in [0.5, 0.6) is 0 Å². The fraction of sp³-hybridized carbons (Fsp3) is 0.462. The second-order valence-corrected chi connectivity index (χ2v) is 9.85. The van der Waals surface area contributed by atoms with E-state index in [9.17, 15) is 21.0 Å². The Labute approximate surface area is 198 Å². The van der Waals surface area contributed by atoms with Gasteiger partial charge in [-0.3, -0.25) is 0 Å². The van der Waals surface area contributed by atoms with Crippen LogP contribution in [-0.4, -0.2) is 0 Å². The molecule has 0 saturated heterocycles. The minimum Gasteiger partial charge on any atom is -0.192 e. The normalized spacial score (nSPS) is 11.2. The molecular formula is C26H28N4S2. The highest BCUT2D eigenvalue weighted by atomic mass is 32.1. The van der Waals surface area contributed by atoms with E-state index in [1.54, 1.807) is 0 Å². The smallest absolute Gasteiger partial charge is 0.147 e. The van der Waals surface area contributed by atoms with Gasteiger partial charge < -0.3 is 0 Å². The van der Waals surface area contributed by atoms with E-state index in [-0.39, 0.29) is 11.1 Å². The van der Waals surface area contributed by atoms with Crippen LogP contribution in [0.3, 0.4) is 0 Å². The quantitative estimate of drug-likeness (QED) is 0.422. The molecule has 0 aliphatic carbocycles. The Morgan fingerprint density at radius 3 is 1.31 bits per heavy atom. The first kappa shape index (κ1) is 25.4. The van der Waals surface area contributed by atoms with Crippen LogP contribution >= 0.6 is 22.7 Å². The molecule has 32 heavy (non-hydrogen) atoms. The molecule has 6 heteroatoms. The molecule has 0 saturated carbocycles. The van der Waals surface area contributed by atoms with Crippen molar-refractivity contribution in [3.05, 3.63) is 41.4 Å². The van der Waals surface area contributed by atoms with E-state index in [0.29, 0.717) is 0 Å².